The summed E-state index contributed by atoms with van der Waals surface area (Å²) in [5.41, 5.74) is 8.22. The molecule has 0 atom stereocenters. The maximum Gasteiger partial charge on any atom is 0.339 e. The second kappa shape index (κ2) is 15.0. The van der Waals surface area contributed by atoms with Crippen molar-refractivity contribution in [1.29, 1.82) is 0 Å². The summed E-state index contributed by atoms with van der Waals surface area (Å²) in [5, 5.41) is 11.5. The number of carboxylic acids is 1. The van der Waals surface area contributed by atoms with E-state index < -0.39 is 5.97 Å². The molecule has 2 N–H and O–H groups in total. The van der Waals surface area contributed by atoms with Crippen LogP contribution in [0.25, 0.3) is 11.1 Å². The largest absolute Gasteiger partial charge is 0.496 e. The third-order valence-electron chi connectivity index (χ3n) is 7.73. The lowest BCUT2D eigenvalue weighted by Gasteiger charge is -2.35. The number of hydrogen-bond acceptors (Lipinski definition) is 6. The van der Waals surface area contributed by atoms with Gasteiger partial charge in [0, 0.05) is 29.2 Å². The average Bonchev–Trinajstić information content (AvgIpc) is 3.05. The third-order valence-corrected chi connectivity index (χ3v) is 8.08. The fraction of sp³-hybridized carbons (Fsp3) is 0.229. The van der Waals surface area contributed by atoms with E-state index in [9.17, 15) is 19.5 Å². The van der Waals surface area contributed by atoms with Crippen molar-refractivity contribution in [3.63, 3.8) is 0 Å². The Kier molecular flexibility index (Phi) is 11.1. The summed E-state index contributed by atoms with van der Waals surface area (Å²) in [6, 6.07) is 25.9. The Bertz CT molecular complexity index is 1700. The van der Waals surface area contributed by atoms with Crippen LogP contribution in [0, 0.1) is 0 Å². The number of nitrogens with zero attached hydrogens (tertiary/aromatic N) is 2. The van der Waals surface area contributed by atoms with Gasteiger partial charge in [0.05, 0.1) is 30.6 Å². The molecule has 8 nitrogen and oxygen atoms in total. The summed E-state index contributed by atoms with van der Waals surface area (Å²) in [6.07, 6.45) is 3.22. The van der Waals surface area contributed by atoms with Crippen molar-refractivity contribution in [2.45, 2.75) is 32.6 Å². The number of aromatic carboxylic acids is 1. The van der Waals surface area contributed by atoms with E-state index in [1.54, 1.807) is 11.1 Å². The van der Waals surface area contributed by atoms with E-state index in [4.69, 9.17) is 16.3 Å². The van der Waals surface area contributed by atoms with Crippen LogP contribution < -0.4 is 20.1 Å². The number of benzene rings is 4. The summed E-state index contributed by atoms with van der Waals surface area (Å²) < 4.78 is 5.27. The summed E-state index contributed by atoms with van der Waals surface area (Å²) in [7, 11) is 1.37. The first-order chi connectivity index (χ1) is 21.3. The average molecular weight is 649 g/mol. The number of methoxy groups -OCH3 is 1. The fourth-order valence-electron chi connectivity index (χ4n) is 5.53. The molecule has 4 aromatic rings. The van der Waals surface area contributed by atoms with Crippen molar-refractivity contribution in [1.82, 2.24) is 5.43 Å². The molecule has 1 saturated heterocycles. The number of carbonyl (C=O) groups is 3. The Morgan fingerprint density at radius 2 is 1.60 bits per heavy atom. The number of anilines is 3. The van der Waals surface area contributed by atoms with Gasteiger partial charge >= 0.3 is 5.97 Å². The lowest BCUT2D eigenvalue weighted by Crippen LogP contribution is -2.41. The lowest BCUT2D eigenvalue weighted by atomic mass is 9.99. The number of ether oxygens (including phenoxy) is 1. The highest BCUT2D eigenvalue weighted by Crippen LogP contribution is 2.39. The number of Topliss-reactive ketones (excluding diaryl/α,β-unsaturated/α-hetero) is 1. The molecule has 234 valence electrons. The van der Waals surface area contributed by atoms with Crippen molar-refractivity contribution < 1.29 is 24.2 Å². The molecule has 1 aliphatic rings. The molecule has 0 bridgehead atoms. The molecule has 0 aromatic heterocycles. The molecule has 5 rings (SSSR count). The SMILES string of the molecule is COc1cc(CC(=O)NN(c2ccccc2-c2cccc(C(C)=O)c2)c2ccccc2N2CCCCC2)c(Cl)cc1C(=O)O.Cl. The molecular weight excluding hydrogens is 613 g/mol. The normalized spacial score (nSPS) is 12.6. The maximum absolute atomic E-state index is 13.8. The van der Waals surface area contributed by atoms with E-state index in [-0.39, 0.29) is 46.9 Å². The highest BCUT2D eigenvalue weighted by molar-refractivity contribution is 6.32. The van der Waals surface area contributed by atoms with Gasteiger partial charge in [0.2, 0.25) is 5.91 Å². The molecule has 10 heteroatoms. The predicted molar refractivity (Wildman–Crippen MR) is 181 cm³/mol. The van der Waals surface area contributed by atoms with Gasteiger partial charge in [-0.2, -0.15) is 0 Å². The van der Waals surface area contributed by atoms with Gasteiger partial charge in [0.25, 0.3) is 0 Å². The molecule has 1 heterocycles. The van der Waals surface area contributed by atoms with Crippen LogP contribution in [0.5, 0.6) is 5.75 Å². The zero-order chi connectivity index (χ0) is 31.2. The van der Waals surface area contributed by atoms with Crippen molar-refractivity contribution in [3.8, 4) is 16.9 Å². The van der Waals surface area contributed by atoms with Gasteiger partial charge in [0.15, 0.2) is 5.78 Å². The van der Waals surface area contributed by atoms with E-state index in [0.717, 1.165) is 54.1 Å². The number of carbonyl (C=O) groups excluding carboxylic acids is 2. The van der Waals surface area contributed by atoms with Crippen LogP contribution in [0.4, 0.5) is 17.1 Å². The third kappa shape index (κ3) is 7.59. The number of piperidine rings is 1. The summed E-state index contributed by atoms with van der Waals surface area (Å²) >= 11 is 6.44. The quantitative estimate of drug-likeness (QED) is 0.134. The van der Waals surface area contributed by atoms with Crippen LogP contribution in [0.1, 0.15) is 52.5 Å². The summed E-state index contributed by atoms with van der Waals surface area (Å²) in [5.74, 6) is -1.46. The van der Waals surface area contributed by atoms with Crippen molar-refractivity contribution in [2.75, 3.05) is 30.1 Å². The number of hydrogen-bond donors (Lipinski definition) is 2. The van der Waals surface area contributed by atoms with Crippen LogP contribution >= 0.6 is 24.0 Å². The maximum atomic E-state index is 13.8. The molecule has 0 aliphatic carbocycles. The number of nitrogens with one attached hydrogen (secondary N) is 1. The molecular formula is C35H35Cl2N3O5. The summed E-state index contributed by atoms with van der Waals surface area (Å²) in [4.78, 5) is 40.0. The number of carboxylic acid groups (broad SMARTS) is 1. The zero-order valence-corrected chi connectivity index (χ0v) is 26.7. The molecule has 0 unspecified atom stereocenters. The van der Waals surface area contributed by atoms with Gasteiger partial charge < -0.3 is 14.7 Å². The standard InChI is InChI=1S/C35H34ClN3O5.ClH/c1-23(40)24-11-10-12-25(19-24)27-13-4-5-14-30(27)39(32-16-7-6-15-31(32)38-17-8-3-9-18-38)37-34(41)21-26-20-33(44-2)28(35(42)43)22-29(26)36;/h4-7,10-16,19-20,22H,3,8-9,17-18,21H2,1-2H3,(H,37,41)(H,42,43);1H. The minimum atomic E-state index is -1.18. The second-order valence-electron chi connectivity index (χ2n) is 10.7. The molecule has 0 saturated carbocycles. The Labute approximate surface area is 273 Å². The first kappa shape index (κ1) is 33.4. The first-order valence-electron chi connectivity index (χ1n) is 14.5. The molecule has 4 aromatic carbocycles. The zero-order valence-electron chi connectivity index (χ0n) is 25.1. The van der Waals surface area contributed by atoms with Crippen LogP contribution in [0.3, 0.4) is 0 Å². The number of rotatable bonds is 10. The Balaban J connectivity index is 0.00000461. The molecule has 0 spiro atoms. The minimum absolute atomic E-state index is 0. The monoisotopic (exact) mass is 647 g/mol. The van der Waals surface area contributed by atoms with Crippen molar-refractivity contribution in [2.24, 2.45) is 0 Å². The topological polar surface area (TPSA) is 99.2 Å². The Hall–Kier alpha value is -4.53. The first-order valence-corrected chi connectivity index (χ1v) is 14.9. The molecule has 45 heavy (non-hydrogen) atoms. The van der Waals surface area contributed by atoms with E-state index in [1.807, 2.05) is 60.7 Å². The predicted octanol–water partition coefficient (Wildman–Crippen LogP) is 7.74. The van der Waals surface area contributed by atoms with Gasteiger partial charge in [-0.25, -0.2) is 4.79 Å². The number of amides is 1. The molecule has 1 fully saturated rings. The van der Waals surface area contributed by atoms with E-state index in [2.05, 4.69) is 16.4 Å². The highest BCUT2D eigenvalue weighted by Gasteiger charge is 2.24. The van der Waals surface area contributed by atoms with Crippen LogP contribution in [0.15, 0.2) is 84.9 Å². The molecule has 0 radical (unpaired) electrons. The van der Waals surface area contributed by atoms with Crippen LogP contribution in [0.2, 0.25) is 5.02 Å². The second-order valence-corrected chi connectivity index (χ2v) is 11.1. The Morgan fingerprint density at radius 1 is 0.911 bits per heavy atom. The fourth-order valence-corrected chi connectivity index (χ4v) is 5.76. The smallest absolute Gasteiger partial charge is 0.339 e. The number of halogens is 2. The molecule has 1 aliphatic heterocycles. The van der Waals surface area contributed by atoms with Crippen LogP contribution in [-0.2, 0) is 11.2 Å². The number of hydrazine groups is 1. The number of para-hydroxylation sites is 3. The highest BCUT2D eigenvalue weighted by atomic mass is 35.5. The van der Waals surface area contributed by atoms with Gasteiger partial charge in [-0.15, -0.1) is 12.4 Å². The van der Waals surface area contributed by atoms with Gasteiger partial charge in [-0.1, -0.05) is 60.1 Å². The number of ketones is 1. The minimum Gasteiger partial charge on any atom is -0.496 e. The van der Waals surface area contributed by atoms with Crippen molar-refractivity contribution in [3.05, 3.63) is 107 Å². The lowest BCUT2D eigenvalue weighted by molar-refractivity contribution is -0.120. The van der Waals surface area contributed by atoms with E-state index >= 15 is 0 Å². The van der Waals surface area contributed by atoms with E-state index in [0.29, 0.717) is 11.1 Å². The van der Waals surface area contributed by atoms with Gasteiger partial charge in [-0.3, -0.25) is 20.0 Å². The molecule has 1 amide bonds. The summed E-state index contributed by atoms with van der Waals surface area (Å²) in [6.45, 7) is 3.36. The van der Waals surface area contributed by atoms with Gasteiger partial charge in [0.1, 0.15) is 11.3 Å². The Morgan fingerprint density at radius 3 is 2.29 bits per heavy atom. The van der Waals surface area contributed by atoms with Crippen molar-refractivity contribution >= 4 is 58.7 Å². The van der Waals surface area contributed by atoms with Crippen LogP contribution in [-0.4, -0.2) is 43.0 Å². The van der Waals surface area contributed by atoms with E-state index in [1.165, 1.54) is 32.6 Å². The van der Waals surface area contributed by atoms with Gasteiger partial charge in [-0.05, 0) is 73.7 Å².